The number of ether oxygens (including phenoxy) is 1. The van der Waals surface area contributed by atoms with Crippen LogP contribution in [0.2, 0.25) is 0 Å². The molecule has 0 saturated heterocycles. The van der Waals surface area contributed by atoms with Gasteiger partial charge in [0.1, 0.15) is 5.82 Å². The molecule has 184 valence electrons. The van der Waals surface area contributed by atoms with Gasteiger partial charge in [-0.2, -0.15) is 0 Å². The molecule has 5 rings (SSSR count). The molecule has 8 nitrogen and oxygen atoms in total. The Kier molecular flexibility index (Phi) is 6.08. The molecule has 3 aromatic rings. The van der Waals surface area contributed by atoms with E-state index in [1.54, 1.807) is 17.0 Å². The lowest BCUT2D eigenvalue weighted by Gasteiger charge is -2.34. The lowest BCUT2D eigenvalue weighted by molar-refractivity contribution is -0.143. The maximum absolute atomic E-state index is 13.9. The Hall–Kier alpha value is -3.62. The zero-order chi connectivity index (χ0) is 24.7. The molecule has 0 radical (unpaired) electrons. The first-order valence-corrected chi connectivity index (χ1v) is 12.0. The second kappa shape index (κ2) is 9.20. The Morgan fingerprint density at radius 3 is 2.60 bits per heavy atom. The molecule has 1 saturated carbocycles. The number of carboxylic acids is 1. The molecule has 0 bridgehead atoms. The van der Waals surface area contributed by atoms with Crippen LogP contribution < -0.4 is 10.2 Å². The fourth-order valence-electron chi connectivity index (χ4n) is 5.51. The molecule has 1 aromatic heterocycles. The predicted molar refractivity (Wildman–Crippen MR) is 131 cm³/mol. The smallest absolute Gasteiger partial charge is 0.414 e. The van der Waals surface area contributed by atoms with Gasteiger partial charge in [0.2, 0.25) is 5.95 Å². The zero-order valence-electron chi connectivity index (χ0n) is 19.8. The Bertz CT molecular complexity index is 1280. The summed E-state index contributed by atoms with van der Waals surface area (Å²) in [7, 11) is 1.38. The number of imidazole rings is 1. The largest absolute Gasteiger partial charge is 0.481 e. The highest BCUT2D eigenvalue weighted by Gasteiger charge is 2.33. The standard InChI is InChI=1S/C26H29FN4O4/c1-15-6-11-20-21(30(15)26(34)35-2)12-13-22-23(20)29-25(28-18-5-3-4-17(27)14-18)31(22)19-9-7-16(8-10-19)24(32)33/h3-5,12-16,19H,6-11H2,1-2H3,(H,28,29)(H,32,33)/t15-,16?,19?/m0/s1. The van der Waals surface area contributed by atoms with Gasteiger partial charge in [0.05, 0.1) is 29.7 Å². The molecule has 0 spiro atoms. The number of methoxy groups -OCH3 is 1. The molecule has 35 heavy (non-hydrogen) atoms. The highest BCUT2D eigenvalue weighted by atomic mass is 19.1. The van der Waals surface area contributed by atoms with Gasteiger partial charge in [-0.1, -0.05) is 6.07 Å². The number of rotatable bonds is 4. The van der Waals surface area contributed by atoms with Crippen LogP contribution in [0.25, 0.3) is 11.0 Å². The summed E-state index contributed by atoms with van der Waals surface area (Å²) >= 11 is 0. The van der Waals surface area contributed by atoms with Gasteiger partial charge in [-0.3, -0.25) is 9.69 Å². The number of hydrogen-bond donors (Lipinski definition) is 2. The van der Waals surface area contributed by atoms with Gasteiger partial charge in [-0.25, -0.2) is 14.2 Å². The summed E-state index contributed by atoms with van der Waals surface area (Å²) in [4.78, 5) is 30.7. The van der Waals surface area contributed by atoms with Gasteiger partial charge in [0.25, 0.3) is 0 Å². The van der Waals surface area contributed by atoms with E-state index in [9.17, 15) is 19.1 Å². The number of carbonyl (C=O) groups is 2. The lowest BCUT2D eigenvalue weighted by atomic mass is 9.86. The average Bonchev–Trinajstić information content (AvgIpc) is 3.21. The molecule has 2 aromatic carbocycles. The van der Waals surface area contributed by atoms with Crippen molar-refractivity contribution in [1.29, 1.82) is 0 Å². The van der Waals surface area contributed by atoms with E-state index in [0.29, 0.717) is 37.3 Å². The predicted octanol–water partition coefficient (Wildman–Crippen LogP) is 5.64. The number of aliphatic carboxylic acids is 1. The number of nitrogens with zero attached hydrogens (tertiary/aromatic N) is 3. The van der Waals surface area contributed by atoms with E-state index in [0.717, 1.165) is 35.1 Å². The number of benzene rings is 2. The monoisotopic (exact) mass is 480 g/mol. The van der Waals surface area contributed by atoms with Crippen LogP contribution in [0.1, 0.15) is 50.6 Å². The molecule has 1 atom stereocenters. The highest BCUT2D eigenvalue weighted by Crippen LogP contribution is 2.41. The number of aryl methyl sites for hydroxylation is 1. The first-order chi connectivity index (χ1) is 16.9. The second-order valence-electron chi connectivity index (χ2n) is 9.44. The van der Waals surface area contributed by atoms with Crippen LogP contribution in [0.4, 0.5) is 26.5 Å². The van der Waals surface area contributed by atoms with Crippen LogP contribution in [-0.4, -0.2) is 39.9 Å². The summed E-state index contributed by atoms with van der Waals surface area (Å²) in [5.41, 5.74) is 4.06. The van der Waals surface area contributed by atoms with E-state index < -0.39 is 12.1 Å². The fourth-order valence-corrected chi connectivity index (χ4v) is 5.51. The van der Waals surface area contributed by atoms with E-state index in [-0.39, 0.29) is 23.8 Å². The summed E-state index contributed by atoms with van der Waals surface area (Å²) in [5.74, 6) is -0.840. The van der Waals surface area contributed by atoms with Gasteiger partial charge in [-0.05, 0) is 75.8 Å². The third-order valence-electron chi connectivity index (χ3n) is 7.32. The molecule has 0 unspecified atom stereocenters. The second-order valence-corrected chi connectivity index (χ2v) is 9.44. The Labute approximate surface area is 202 Å². The molecule has 2 heterocycles. The minimum atomic E-state index is -0.747. The van der Waals surface area contributed by atoms with Crippen molar-refractivity contribution in [3.8, 4) is 0 Å². The van der Waals surface area contributed by atoms with Gasteiger partial charge in [-0.15, -0.1) is 0 Å². The van der Waals surface area contributed by atoms with Crippen LogP contribution >= 0.6 is 0 Å². The van der Waals surface area contributed by atoms with Gasteiger partial charge < -0.3 is 19.7 Å². The summed E-state index contributed by atoms with van der Waals surface area (Å²) in [6.07, 6.45) is 3.76. The number of carbonyl (C=O) groups excluding carboxylic acids is 1. The minimum Gasteiger partial charge on any atom is -0.481 e. The van der Waals surface area contributed by atoms with Crippen molar-refractivity contribution >= 4 is 40.4 Å². The number of nitrogens with one attached hydrogen (secondary N) is 1. The molecule has 1 aliphatic heterocycles. The lowest BCUT2D eigenvalue weighted by Crippen LogP contribution is -2.42. The third-order valence-corrected chi connectivity index (χ3v) is 7.32. The summed E-state index contributed by atoms with van der Waals surface area (Å²) < 4.78 is 21.1. The quantitative estimate of drug-likeness (QED) is 0.501. The van der Waals surface area contributed by atoms with Crippen molar-refractivity contribution in [2.45, 2.75) is 57.5 Å². The molecule has 2 N–H and O–H groups in total. The average molecular weight is 481 g/mol. The van der Waals surface area contributed by atoms with Gasteiger partial charge >= 0.3 is 12.1 Å². The Morgan fingerprint density at radius 1 is 1.14 bits per heavy atom. The minimum absolute atomic E-state index is 0.00525. The molecule has 1 fully saturated rings. The van der Waals surface area contributed by atoms with Gasteiger partial charge in [0.15, 0.2) is 0 Å². The van der Waals surface area contributed by atoms with Crippen molar-refractivity contribution in [3.63, 3.8) is 0 Å². The maximum atomic E-state index is 13.9. The highest BCUT2D eigenvalue weighted by molar-refractivity contribution is 5.96. The van der Waals surface area contributed by atoms with Crippen molar-refractivity contribution in [1.82, 2.24) is 9.55 Å². The van der Waals surface area contributed by atoms with Gasteiger partial charge in [0, 0.05) is 23.3 Å². The number of halogens is 1. The number of amides is 1. The van der Waals surface area contributed by atoms with E-state index in [1.165, 1.54) is 19.2 Å². The molecule has 1 aliphatic carbocycles. The number of carboxylic acid groups (broad SMARTS) is 1. The van der Waals surface area contributed by atoms with E-state index in [4.69, 9.17) is 9.72 Å². The maximum Gasteiger partial charge on any atom is 0.414 e. The van der Waals surface area contributed by atoms with Crippen molar-refractivity contribution < 1.29 is 23.8 Å². The van der Waals surface area contributed by atoms with Crippen LogP contribution in [0.5, 0.6) is 0 Å². The third kappa shape index (κ3) is 4.19. The zero-order valence-corrected chi connectivity index (χ0v) is 19.8. The molecular weight excluding hydrogens is 451 g/mol. The molecular formula is C26H29FN4O4. The van der Waals surface area contributed by atoms with Crippen molar-refractivity contribution in [3.05, 3.63) is 47.8 Å². The Morgan fingerprint density at radius 2 is 1.91 bits per heavy atom. The fraction of sp³-hybridized carbons (Fsp3) is 0.423. The van der Waals surface area contributed by atoms with Crippen LogP contribution in [0, 0.1) is 11.7 Å². The van der Waals surface area contributed by atoms with E-state index >= 15 is 0 Å². The first kappa shape index (κ1) is 23.1. The van der Waals surface area contributed by atoms with E-state index in [1.807, 2.05) is 19.1 Å². The van der Waals surface area contributed by atoms with Crippen LogP contribution in [0.3, 0.4) is 0 Å². The Balaban J connectivity index is 1.62. The number of hydrogen-bond acceptors (Lipinski definition) is 5. The molecule has 2 aliphatic rings. The van der Waals surface area contributed by atoms with Crippen molar-refractivity contribution in [2.75, 3.05) is 17.3 Å². The SMILES string of the molecule is COC(=O)N1c2ccc3c(nc(Nc4cccc(F)c4)n3C3CCC(C(=O)O)CC3)c2CC[C@@H]1C. The van der Waals surface area contributed by atoms with Crippen molar-refractivity contribution in [2.24, 2.45) is 5.92 Å². The molecule has 1 amide bonds. The van der Waals surface area contributed by atoms with E-state index in [2.05, 4.69) is 9.88 Å². The first-order valence-electron chi connectivity index (χ1n) is 12.0. The molecule has 9 heteroatoms. The number of anilines is 3. The summed E-state index contributed by atoms with van der Waals surface area (Å²) in [6.45, 7) is 2.00. The summed E-state index contributed by atoms with van der Waals surface area (Å²) in [5, 5.41) is 12.7. The normalized spacial score (nSPS) is 22.0. The van der Waals surface area contributed by atoms with Crippen LogP contribution in [0.15, 0.2) is 36.4 Å². The topological polar surface area (TPSA) is 96.7 Å². The van der Waals surface area contributed by atoms with Crippen LogP contribution in [-0.2, 0) is 16.0 Å². The number of aromatic nitrogens is 2. The summed E-state index contributed by atoms with van der Waals surface area (Å²) in [6, 6.07) is 10.2. The number of fused-ring (bicyclic) bond motifs is 3.